The van der Waals surface area contributed by atoms with Gasteiger partial charge in [-0.25, -0.2) is 18.8 Å². The van der Waals surface area contributed by atoms with Crippen LogP contribution in [0, 0.1) is 18.7 Å². The Morgan fingerprint density at radius 2 is 1.95 bits per heavy atom. The molecule has 1 saturated heterocycles. The van der Waals surface area contributed by atoms with Gasteiger partial charge < -0.3 is 4.74 Å². The normalized spacial score (nSPS) is 16.9. The lowest BCUT2D eigenvalue weighted by Crippen LogP contribution is -2.44. The number of nitrogens with zero attached hydrogens (tertiary/aromatic N) is 4. The van der Waals surface area contributed by atoms with Crippen LogP contribution in [0.3, 0.4) is 0 Å². The van der Waals surface area contributed by atoms with Crippen molar-refractivity contribution in [3.63, 3.8) is 0 Å². The summed E-state index contributed by atoms with van der Waals surface area (Å²) in [5, 5.41) is 8.14. The van der Waals surface area contributed by atoms with E-state index in [1.165, 1.54) is 4.90 Å². The summed E-state index contributed by atoms with van der Waals surface area (Å²) in [6.07, 6.45) is -0.212. The zero-order chi connectivity index (χ0) is 27.7. The Bertz CT molecular complexity index is 1520. The Kier molecular flexibility index (Phi) is 7.66. The minimum Gasteiger partial charge on any atom is -0.447 e. The number of carbonyl (C=O) groups excluding carboxylic acids is 2. The smallest absolute Gasteiger partial charge is 0.416 e. The zero-order valence-corrected chi connectivity index (χ0v) is 22.9. The molecule has 7 nitrogen and oxygen atoms in total. The lowest BCUT2D eigenvalue weighted by atomic mass is 9.79. The zero-order valence-electron chi connectivity index (χ0n) is 22.1. The van der Waals surface area contributed by atoms with Gasteiger partial charge in [0.15, 0.2) is 5.82 Å². The van der Waals surface area contributed by atoms with E-state index in [0.29, 0.717) is 24.0 Å². The molecule has 3 aromatic carbocycles. The van der Waals surface area contributed by atoms with E-state index in [1.807, 2.05) is 62.4 Å². The van der Waals surface area contributed by atoms with Gasteiger partial charge in [0.1, 0.15) is 12.1 Å². The fraction of sp³-hybridized carbons (Fsp3) is 0.333. The molecule has 0 saturated carbocycles. The van der Waals surface area contributed by atoms with Gasteiger partial charge in [-0.05, 0) is 54.2 Å². The van der Waals surface area contributed by atoms with Crippen molar-refractivity contribution in [2.45, 2.75) is 51.6 Å². The summed E-state index contributed by atoms with van der Waals surface area (Å²) in [6.45, 7) is 6.24. The monoisotopic (exact) mass is 548 g/mol. The van der Waals surface area contributed by atoms with Crippen molar-refractivity contribution in [3.8, 4) is 0 Å². The highest BCUT2D eigenvalue weighted by molar-refractivity contribution is 6.17. The number of halogens is 2. The third-order valence-corrected chi connectivity index (χ3v) is 7.86. The van der Waals surface area contributed by atoms with Gasteiger partial charge in [-0.2, -0.15) is 0 Å². The van der Waals surface area contributed by atoms with Crippen LogP contribution in [0.25, 0.3) is 11.0 Å². The van der Waals surface area contributed by atoms with Gasteiger partial charge in [0.25, 0.3) is 0 Å². The van der Waals surface area contributed by atoms with Gasteiger partial charge in [-0.3, -0.25) is 4.79 Å². The standard InChI is InChI=1S/C30H30ClFN4O3/c1-4-35-25-13-12-24(27(32)28(25)33-34-35)26(21-11-10-18(2)22(15-21)16-31)19(3)29(37)36-23(17-39-30(36)38)14-20-8-6-5-7-9-20/h5-13,15,19,23,26H,4,14,16-17H2,1-3H3/t19-,23?,26+/m1/s1. The number of aromatic nitrogens is 3. The van der Waals surface area contributed by atoms with E-state index < -0.39 is 35.7 Å². The van der Waals surface area contributed by atoms with Crippen LogP contribution < -0.4 is 0 Å². The lowest BCUT2D eigenvalue weighted by molar-refractivity contribution is -0.133. The quantitative estimate of drug-likeness (QED) is 0.253. The number of ether oxygens (including phenoxy) is 1. The van der Waals surface area contributed by atoms with Crippen LogP contribution in [0.15, 0.2) is 60.7 Å². The molecule has 5 rings (SSSR count). The molecule has 39 heavy (non-hydrogen) atoms. The Labute approximate surface area is 231 Å². The molecule has 9 heteroatoms. The van der Waals surface area contributed by atoms with E-state index in [9.17, 15) is 9.59 Å². The maximum Gasteiger partial charge on any atom is 0.416 e. The molecular formula is C30H30ClFN4O3. The second-order valence-electron chi connectivity index (χ2n) is 9.96. The molecular weight excluding hydrogens is 519 g/mol. The van der Waals surface area contributed by atoms with E-state index in [0.717, 1.165) is 22.3 Å². The molecule has 2 heterocycles. The maximum absolute atomic E-state index is 16.1. The highest BCUT2D eigenvalue weighted by atomic mass is 35.5. The molecule has 1 aliphatic heterocycles. The first-order chi connectivity index (χ1) is 18.8. The first-order valence-corrected chi connectivity index (χ1v) is 13.6. The second-order valence-corrected chi connectivity index (χ2v) is 10.2. The number of cyclic esters (lactones) is 1. The van der Waals surface area contributed by atoms with Crippen molar-refractivity contribution in [2.24, 2.45) is 5.92 Å². The highest BCUT2D eigenvalue weighted by Crippen LogP contribution is 2.38. The van der Waals surface area contributed by atoms with Crippen LogP contribution in [-0.2, 0) is 28.4 Å². The van der Waals surface area contributed by atoms with Gasteiger partial charge in [0.05, 0.1) is 11.6 Å². The molecule has 1 aromatic heterocycles. The lowest BCUT2D eigenvalue weighted by Gasteiger charge is -2.29. The Morgan fingerprint density at radius 3 is 2.67 bits per heavy atom. The molecule has 1 fully saturated rings. The summed E-state index contributed by atoms with van der Waals surface area (Å²) in [4.78, 5) is 28.0. The third-order valence-electron chi connectivity index (χ3n) is 7.57. The topological polar surface area (TPSA) is 77.3 Å². The van der Waals surface area contributed by atoms with Crippen LogP contribution in [0.5, 0.6) is 0 Å². The molecule has 1 aliphatic rings. The van der Waals surface area contributed by atoms with Crippen LogP contribution in [0.1, 0.15) is 47.6 Å². The van der Waals surface area contributed by atoms with Crippen molar-refractivity contribution < 1.29 is 18.7 Å². The number of hydrogen-bond acceptors (Lipinski definition) is 5. The van der Waals surface area contributed by atoms with Crippen molar-refractivity contribution in [2.75, 3.05) is 6.61 Å². The SMILES string of the molecule is CCn1nnc2c(F)c([C@H](c3ccc(C)c(CCl)c3)[C@@H](C)C(=O)N3C(=O)OCC3Cc3ccccc3)ccc21. The minimum absolute atomic E-state index is 0.109. The fourth-order valence-corrected chi connectivity index (χ4v) is 5.68. The number of imide groups is 1. The Hall–Kier alpha value is -3.78. The van der Waals surface area contributed by atoms with E-state index >= 15 is 4.39 Å². The van der Waals surface area contributed by atoms with Crippen LogP contribution in [0.4, 0.5) is 9.18 Å². The van der Waals surface area contributed by atoms with E-state index in [4.69, 9.17) is 16.3 Å². The first-order valence-electron chi connectivity index (χ1n) is 13.0. The molecule has 4 aromatic rings. The molecule has 1 unspecified atom stereocenters. The number of rotatable bonds is 8. The van der Waals surface area contributed by atoms with Gasteiger partial charge in [-0.15, -0.1) is 16.7 Å². The fourth-order valence-electron chi connectivity index (χ4n) is 5.39. The van der Waals surface area contributed by atoms with Crippen molar-refractivity contribution in [1.82, 2.24) is 19.9 Å². The van der Waals surface area contributed by atoms with E-state index in [-0.39, 0.29) is 18.0 Å². The van der Waals surface area contributed by atoms with Gasteiger partial charge in [0, 0.05) is 24.3 Å². The van der Waals surface area contributed by atoms with E-state index in [2.05, 4.69) is 10.3 Å². The first kappa shape index (κ1) is 26.8. The number of aryl methyl sites for hydroxylation is 2. The average Bonchev–Trinajstić information content (AvgIpc) is 3.54. The van der Waals surface area contributed by atoms with Gasteiger partial charge >= 0.3 is 6.09 Å². The summed E-state index contributed by atoms with van der Waals surface area (Å²) < 4.78 is 23.0. The average molecular weight is 549 g/mol. The molecule has 0 N–H and O–H groups in total. The predicted octanol–water partition coefficient (Wildman–Crippen LogP) is 6.00. The van der Waals surface area contributed by atoms with Crippen molar-refractivity contribution >= 4 is 34.6 Å². The van der Waals surface area contributed by atoms with Crippen LogP contribution >= 0.6 is 11.6 Å². The molecule has 0 aliphatic carbocycles. The third kappa shape index (κ3) is 5.01. The number of benzene rings is 3. The minimum atomic E-state index is -0.798. The molecule has 0 radical (unpaired) electrons. The molecule has 202 valence electrons. The predicted molar refractivity (Wildman–Crippen MR) is 147 cm³/mol. The maximum atomic E-state index is 16.1. The summed E-state index contributed by atoms with van der Waals surface area (Å²) >= 11 is 6.21. The number of carbonyl (C=O) groups is 2. The van der Waals surface area contributed by atoms with E-state index in [1.54, 1.807) is 23.7 Å². The van der Waals surface area contributed by atoms with Crippen molar-refractivity contribution in [1.29, 1.82) is 0 Å². The van der Waals surface area contributed by atoms with Crippen LogP contribution in [-0.4, -0.2) is 44.5 Å². The Balaban J connectivity index is 1.57. The largest absolute Gasteiger partial charge is 0.447 e. The number of fused-ring (bicyclic) bond motifs is 1. The Morgan fingerprint density at radius 1 is 1.18 bits per heavy atom. The van der Waals surface area contributed by atoms with Gasteiger partial charge in [-0.1, -0.05) is 66.7 Å². The molecule has 0 bridgehead atoms. The molecule has 2 amide bonds. The number of alkyl halides is 1. The van der Waals surface area contributed by atoms with Crippen LogP contribution in [0.2, 0.25) is 0 Å². The highest BCUT2D eigenvalue weighted by Gasteiger charge is 2.42. The summed E-state index contributed by atoms with van der Waals surface area (Å²) in [6, 6.07) is 18.4. The van der Waals surface area contributed by atoms with Crippen molar-refractivity contribution in [3.05, 3.63) is 94.3 Å². The molecule has 0 spiro atoms. The summed E-state index contributed by atoms with van der Waals surface area (Å²) in [5.41, 5.74) is 4.63. The van der Waals surface area contributed by atoms with Gasteiger partial charge in [0.2, 0.25) is 5.91 Å². The molecule has 3 atom stereocenters. The summed E-state index contributed by atoms with van der Waals surface area (Å²) in [7, 11) is 0. The number of amides is 2. The summed E-state index contributed by atoms with van der Waals surface area (Å²) in [5.74, 6) is -2.18. The number of hydrogen-bond donors (Lipinski definition) is 0. The second kappa shape index (κ2) is 11.1.